The molecule has 2 aromatic rings. The molecule has 0 saturated carbocycles. The number of carbonyl (C=O) groups excluding carboxylic acids is 1. The minimum atomic E-state index is -0.829. The quantitative estimate of drug-likeness (QED) is 0.553. The van der Waals surface area contributed by atoms with E-state index in [0.29, 0.717) is 64.0 Å². The molecule has 0 spiro atoms. The number of benzene rings is 1. The lowest BCUT2D eigenvalue weighted by Crippen LogP contribution is -2.50. The Morgan fingerprint density at radius 3 is 2.74 bits per heavy atom. The fourth-order valence-corrected chi connectivity index (χ4v) is 5.31. The highest BCUT2D eigenvalue weighted by Gasteiger charge is 2.29. The Bertz CT molecular complexity index is 1130. The van der Waals surface area contributed by atoms with Crippen LogP contribution in [0.2, 0.25) is 0 Å². The molecule has 2 amide bonds. The standard InChI is InChI=1S/C24H30F2N6O2/c25-19-4-1-3-18(21(19)26)15-6-7-16(14-27-13-15)29-23(33)31-11-8-17(9-12-31)32-20-5-2-10-28-22(20)30-24(32)34/h1-5,15-17,27-28H,6-14H2,(H,29,33)(H,30,34)/t15-,16-/m1/s1. The number of carbonyl (C=O) groups is 1. The third-order valence-corrected chi connectivity index (χ3v) is 7.15. The van der Waals surface area contributed by atoms with Gasteiger partial charge in [0.15, 0.2) is 11.6 Å². The molecule has 0 aliphatic carbocycles. The molecule has 34 heavy (non-hydrogen) atoms. The van der Waals surface area contributed by atoms with Gasteiger partial charge in [0, 0.05) is 44.8 Å². The molecule has 0 unspecified atom stereocenters. The van der Waals surface area contributed by atoms with E-state index in [9.17, 15) is 18.4 Å². The second-order valence-electron chi connectivity index (χ2n) is 9.28. The molecular formula is C24H30F2N6O2. The molecule has 0 radical (unpaired) electrons. The number of hydrogen-bond acceptors (Lipinski definition) is 4. The molecule has 182 valence electrons. The number of halogens is 2. The van der Waals surface area contributed by atoms with Gasteiger partial charge in [-0.1, -0.05) is 18.2 Å². The van der Waals surface area contributed by atoms with Crippen LogP contribution in [-0.4, -0.2) is 59.2 Å². The fraction of sp³-hybridized carbons (Fsp3) is 0.500. The second-order valence-corrected chi connectivity index (χ2v) is 9.28. The molecule has 4 heterocycles. The van der Waals surface area contributed by atoms with Crippen molar-refractivity contribution in [1.82, 2.24) is 25.1 Å². The van der Waals surface area contributed by atoms with E-state index in [-0.39, 0.29) is 29.7 Å². The van der Waals surface area contributed by atoms with Crippen molar-refractivity contribution < 1.29 is 13.6 Å². The van der Waals surface area contributed by atoms with Crippen LogP contribution in [-0.2, 0) is 0 Å². The number of piperidine rings is 1. The van der Waals surface area contributed by atoms with E-state index >= 15 is 0 Å². The summed E-state index contributed by atoms with van der Waals surface area (Å²) in [6.07, 6.45) is 6.70. The van der Waals surface area contributed by atoms with Crippen LogP contribution in [0, 0.1) is 11.6 Å². The Hall–Kier alpha value is -3.14. The SMILES string of the molecule is O=C(N[C@@H]1CC[C@@H](c2cccc(F)c2F)CNC1)N1CCC(n2c3c([nH]c2=O)NCC=C3)CC1. The maximum absolute atomic E-state index is 14.2. The van der Waals surface area contributed by atoms with Gasteiger partial charge < -0.3 is 20.9 Å². The van der Waals surface area contributed by atoms with Gasteiger partial charge in [0.25, 0.3) is 0 Å². The van der Waals surface area contributed by atoms with Crippen molar-refractivity contribution in [2.24, 2.45) is 0 Å². The van der Waals surface area contributed by atoms with Crippen LogP contribution in [0.5, 0.6) is 0 Å². The molecular weight excluding hydrogens is 442 g/mol. The van der Waals surface area contributed by atoms with E-state index in [4.69, 9.17) is 0 Å². The van der Waals surface area contributed by atoms with Gasteiger partial charge in [0.2, 0.25) is 0 Å². The summed E-state index contributed by atoms with van der Waals surface area (Å²) in [7, 11) is 0. The summed E-state index contributed by atoms with van der Waals surface area (Å²) in [6, 6.07) is 4.14. The van der Waals surface area contributed by atoms with Crippen molar-refractivity contribution in [3.8, 4) is 0 Å². The highest BCUT2D eigenvalue weighted by Crippen LogP contribution is 2.28. The molecule has 8 nitrogen and oxygen atoms in total. The number of anilines is 1. The van der Waals surface area contributed by atoms with E-state index < -0.39 is 11.6 Å². The largest absolute Gasteiger partial charge is 0.366 e. The maximum Gasteiger partial charge on any atom is 0.327 e. The number of hydrogen-bond donors (Lipinski definition) is 4. The van der Waals surface area contributed by atoms with Gasteiger partial charge in [-0.25, -0.2) is 18.4 Å². The summed E-state index contributed by atoms with van der Waals surface area (Å²) in [5.74, 6) is -0.995. The van der Waals surface area contributed by atoms with Gasteiger partial charge in [0.1, 0.15) is 5.82 Å². The Labute approximate surface area is 196 Å². The molecule has 1 aromatic heterocycles. The molecule has 5 rings (SSSR count). The van der Waals surface area contributed by atoms with Gasteiger partial charge in [0.05, 0.1) is 5.69 Å². The first-order valence-corrected chi connectivity index (χ1v) is 12.0. The lowest BCUT2D eigenvalue weighted by atomic mass is 9.93. The molecule has 3 aliphatic heterocycles. The molecule has 2 fully saturated rings. The van der Waals surface area contributed by atoms with Crippen molar-refractivity contribution in [3.63, 3.8) is 0 Å². The summed E-state index contributed by atoms with van der Waals surface area (Å²) < 4.78 is 29.6. The van der Waals surface area contributed by atoms with Crippen LogP contribution in [0.25, 0.3) is 6.08 Å². The normalized spacial score (nSPS) is 23.2. The Morgan fingerprint density at radius 2 is 1.91 bits per heavy atom. The summed E-state index contributed by atoms with van der Waals surface area (Å²) in [4.78, 5) is 30.1. The van der Waals surface area contributed by atoms with Crippen LogP contribution in [0.3, 0.4) is 0 Å². The summed E-state index contributed by atoms with van der Waals surface area (Å²) in [5.41, 5.74) is 1.13. The minimum Gasteiger partial charge on any atom is -0.366 e. The zero-order chi connectivity index (χ0) is 23.7. The number of fused-ring (bicyclic) bond motifs is 1. The van der Waals surface area contributed by atoms with Gasteiger partial charge in [-0.15, -0.1) is 0 Å². The fourth-order valence-electron chi connectivity index (χ4n) is 5.31. The Kier molecular flexibility index (Phi) is 6.40. The third-order valence-electron chi connectivity index (χ3n) is 7.15. The number of imidazole rings is 1. The second kappa shape index (κ2) is 9.61. The smallest absolute Gasteiger partial charge is 0.327 e. The third kappa shape index (κ3) is 4.46. The summed E-state index contributed by atoms with van der Waals surface area (Å²) in [6.45, 7) is 2.95. The predicted molar refractivity (Wildman–Crippen MR) is 126 cm³/mol. The minimum absolute atomic E-state index is 0.0440. The average molecular weight is 473 g/mol. The van der Waals surface area contributed by atoms with Crippen molar-refractivity contribution in [1.29, 1.82) is 0 Å². The molecule has 3 aliphatic rings. The zero-order valence-corrected chi connectivity index (χ0v) is 18.9. The topological polar surface area (TPSA) is 94.2 Å². The van der Waals surface area contributed by atoms with E-state index in [0.717, 1.165) is 17.6 Å². The lowest BCUT2D eigenvalue weighted by Gasteiger charge is -2.34. The first-order valence-electron chi connectivity index (χ1n) is 12.0. The van der Waals surface area contributed by atoms with Gasteiger partial charge in [-0.3, -0.25) is 9.55 Å². The van der Waals surface area contributed by atoms with Gasteiger partial charge >= 0.3 is 11.7 Å². The van der Waals surface area contributed by atoms with Gasteiger partial charge in [-0.2, -0.15) is 0 Å². The number of nitrogens with zero attached hydrogens (tertiary/aromatic N) is 2. The number of aromatic nitrogens is 2. The lowest BCUT2D eigenvalue weighted by molar-refractivity contribution is 0.167. The zero-order valence-electron chi connectivity index (χ0n) is 18.9. The van der Waals surface area contributed by atoms with Gasteiger partial charge in [-0.05, 0) is 49.3 Å². The first-order chi connectivity index (χ1) is 16.5. The number of nitrogens with one attached hydrogen (secondary N) is 4. The first kappa shape index (κ1) is 22.6. The van der Waals surface area contributed by atoms with Crippen LogP contribution < -0.4 is 21.6 Å². The molecule has 2 atom stereocenters. The van der Waals surface area contributed by atoms with Crippen LogP contribution in [0.1, 0.15) is 48.9 Å². The van der Waals surface area contributed by atoms with Crippen LogP contribution >= 0.6 is 0 Å². The van der Waals surface area contributed by atoms with Crippen LogP contribution in [0.4, 0.5) is 19.4 Å². The average Bonchev–Trinajstić information content (AvgIpc) is 3.01. The van der Waals surface area contributed by atoms with E-state index in [2.05, 4.69) is 20.9 Å². The predicted octanol–water partition coefficient (Wildman–Crippen LogP) is 2.78. The number of aromatic amines is 1. The molecule has 1 aromatic carbocycles. The molecule has 4 N–H and O–H groups in total. The summed E-state index contributed by atoms with van der Waals surface area (Å²) >= 11 is 0. The van der Waals surface area contributed by atoms with E-state index in [1.165, 1.54) is 6.07 Å². The number of likely N-dealkylation sites (tertiary alicyclic amines) is 1. The highest BCUT2D eigenvalue weighted by atomic mass is 19.2. The van der Waals surface area contributed by atoms with Crippen molar-refractivity contribution in [3.05, 3.63) is 57.7 Å². The van der Waals surface area contributed by atoms with Crippen molar-refractivity contribution in [2.45, 2.75) is 43.7 Å². The van der Waals surface area contributed by atoms with Crippen molar-refractivity contribution in [2.75, 3.05) is 38.0 Å². The van der Waals surface area contributed by atoms with E-state index in [1.807, 2.05) is 12.2 Å². The molecule has 10 heteroatoms. The number of urea groups is 1. The van der Waals surface area contributed by atoms with E-state index in [1.54, 1.807) is 15.5 Å². The van der Waals surface area contributed by atoms with Crippen molar-refractivity contribution >= 4 is 17.9 Å². The monoisotopic (exact) mass is 472 g/mol. The Balaban J connectivity index is 1.15. The number of H-pyrrole nitrogens is 1. The summed E-state index contributed by atoms with van der Waals surface area (Å²) in [5, 5.41) is 9.56. The van der Waals surface area contributed by atoms with Crippen LogP contribution in [0.15, 0.2) is 29.1 Å². The maximum atomic E-state index is 14.2. The number of amides is 2. The number of rotatable bonds is 3. The molecule has 0 bridgehead atoms. The highest BCUT2D eigenvalue weighted by molar-refractivity contribution is 5.74. The Morgan fingerprint density at radius 1 is 1.09 bits per heavy atom. The molecule has 2 saturated heterocycles.